The largest absolute Gasteiger partial charge is 0.341 e. The van der Waals surface area contributed by atoms with E-state index >= 15 is 0 Å². The summed E-state index contributed by atoms with van der Waals surface area (Å²) in [6.45, 7) is 4.85. The van der Waals surface area contributed by atoms with Gasteiger partial charge in [-0.2, -0.15) is 0 Å². The average molecular weight is 356 g/mol. The molecule has 1 heterocycles. The smallest absolute Gasteiger partial charge is 0.285 e. The predicted molar refractivity (Wildman–Crippen MR) is 89.9 cm³/mol. The molecule has 0 saturated heterocycles. The number of nitrogens with zero attached hydrogens (tertiary/aromatic N) is 1. The van der Waals surface area contributed by atoms with Crippen LogP contribution in [0.5, 0.6) is 0 Å². The number of aryl methyl sites for hydroxylation is 1. The monoisotopic (exact) mass is 355 g/mol. The number of amides is 1. The van der Waals surface area contributed by atoms with Gasteiger partial charge >= 0.3 is 0 Å². The Bertz CT molecular complexity index is 828. The van der Waals surface area contributed by atoms with Crippen molar-refractivity contribution in [3.8, 4) is 11.4 Å². The fourth-order valence-corrected chi connectivity index (χ4v) is 2.70. The predicted octanol–water partition coefficient (Wildman–Crippen LogP) is 2.76. The first-order valence-corrected chi connectivity index (χ1v) is 9.07. The molecule has 2 aromatic rings. The van der Waals surface area contributed by atoms with Crippen LogP contribution >= 0.6 is 11.6 Å². The SMILES string of the molecule is CCc1[nH]c(-c2cccc(Cl)c2)nc1C(=O)NS(=O)(=O)C(C)C. The van der Waals surface area contributed by atoms with Crippen LogP contribution < -0.4 is 4.72 Å². The summed E-state index contributed by atoms with van der Waals surface area (Å²) in [6.07, 6.45) is 0.512. The lowest BCUT2D eigenvalue weighted by Gasteiger charge is -2.08. The third kappa shape index (κ3) is 3.92. The fourth-order valence-electron chi connectivity index (χ4n) is 1.92. The Kier molecular flexibility index (Phi) is 5.11. The number of aromatic amines is 1. The van der Waals surface area contributed by atoms with Gasteiger partial charge in [0.1, 0.15) is 5.82 Å². The van der Waals surface area contributed by atoms with Crippen molar-refractivity contribution in [2.75, 3.05) is 0 Å². The second-order valence-electron chi connectivity index (χ2n) is 5.30. The van der Waals surface area contributed by atoms with Crippen LogP contribution in [-0.4, -0.2) is 29.5 Å². The van der Waals surface area contributed by atoms with Gasteiger partial charge in [0.05, 0.1) is 5.25 Å². The highest BCUT2D eigenvalue weighted by molar-refractivity contribution is 7.90. The molecule has 8 heteroatoms. The highest BCUT2D eigenvalue weighted by atomic mass is 35.5. The van der Waals surface area contributed by atoms with Crippen LogP contribution in [0.25, 0.3) is 11.4 Å². The number of halogens is 1. The summed E-state index contributed by atoms with van der Waals surface area (Å²) in [4.78, 5) is 19.5. The van der Waals surface area contributed by atoms with Crippen molar-refractivity contribution in [1.29, 1.82) is 0 Å². The van der Waals surface area contributed by atoms with Crippen molar-refractivity contribution in [3.05, 3.63) is 40.7 Å². The van der Waals surface area contributed by atoms with Crippen LogP contribution in [-0.2, 0) is 16.4 Å². The number of sulfonamides is 1. The summed E-state index contributed by atoms with van der Waals surface area (Å²) in [5.74, 6) is -0.267. The number of rotatable bonds is 5. The van der Waals surface area contributed by atoms with Gasteiger partial charge in [-0.3, -0.25) is 4.79 Å². The number of imidazole rings is 1. The molecule has 0 aliphatic rings. The molecule has 0 spiro atoms. The summed E-state index contributed by atoms with van der Waals surface area (Å²) in [5, 5.41) is -0.159. The van der Waals surface area contributed by atoms with Gasteiger partial charge in [0, 0.05) is 16.3 Å². The number of hydrogen-bond donors (Lipinski definition) is 2. The number of benzene rings is 1. The van der Waals surface area contributed by atoms with E-state index in [0.717, 1.165) is 5.56 Å². The van der Waals surface area contributed by atoms with Crippen molar-refractivity contribution < 1.29 is 13.2 Å². The van der Waals surface area contributed by atoms with Gasteiger partial charge in [0.2, 0.25) is 10.0 Å². The second-order valence-corrected chi connectivity index (χ2v) is 7.97. The molecule has 0 aliphatic heterocycles. The van der Waals surface area contributed by atoms with Crippen molar-refractivity contribution in [2.45, 2.75) is 32.4 Å². The van der Waals surface area contributed by atoms with Gasteiger partial charge in [-0.1, -0.05) is 30.7 Å². The minimum Gasteiger partial charge on any atom is -0.341 e. The van der Waals surface area contributed by atoms with Crippen LogP contribution in [0.15, 0.2) is 24.3 Å². The molecule has 124 valence electrons. The molecule has 0 unspecified atom stereocenters. The van der Waals surface area contributed by atoms with Gasteiger partial charge in [-0.05, 0) is 32.4 Å². The first-order valence-electron chi connectivity index (χ1n) is 7.15. The molecule has 1 aromatic heterocycles. The first kappa shape index (κ1) is 17.5. The minimum absolute atomic E-state index is 0.0756. The molecule has 0 saturated carbocycles. The molecule has 0 aliphatic carbocycles. The molecular formula is C15H18ClN3O3S. The summed E-state index contributed by atoms with van der Waals surface area (Å²) >= 11 is 5.96. The first-order chi connectivity index (χ1) is 10.7. The lowest BCUT2D eigenvalue weighted by atomic mass is 10.2. The fraction of sp³-hybridized carbons (Fsp3) is 0.333. The Morgan fingerprint density at radius 3 is 2.65 bits per heavy atom. The molecule has 2 rings (SSSR count). The lowest BCUT2D eigenvalue weighted by Crippen LogP contribution is -2.36. The molecular weight excluding hydrogens is 338 g/mol. The van der Waals surface area contributed by atoms with Crippen LogP contribution in [0.1, 0.15) is 37.0 Å². The Hall–Kier alpha value is -1.86. The Balaban J connectivity index is 2.38. The Morgan fingerprint density at radius 2 is 2.09 bits per heavy atom. The van der Waals surface area contributed by atoms with E-state index in [2.05, 4.69) is 9.97 Å². The normalized spacial score (nSPS) is 11.7. The van der Waals surface area contributed by atoms with Crippen LogP contribution in [0.4, 0.5) is 0 Å². The number of carbonyl (C=O) groups is 1. The van der Waals surface area contributed by atoms with Gasteiger partial charge in [-0.15, -0.1) is 0 Å². The highest BCUT2D eigenvalue weighted by Gasteiger charge is 2.24. The van der Waals surface area contributed by atoms with Gasteiger partial charge in [0.15, 0.2) is 5.69 Å². The molecule has 6 nitrogen and oxygen atoms in total. The average Bonchev–Trinajstić information content (AvgIpc) is 2.91. The molecule has 1 amide bonds. The molecule has 0 atom stereocenters. The molecule has 23 heavy (non-hydrogen) atoms. The maximum absolute atomic E-state index is 12.3. The van der Waals surface area contributed by atoms with E-state index in [1.807, 2.05) is 11.6 Å². The lowest BCUT2D eigenvalue weighted by molar-refractivity contribution is 0.0976. The van der Waals surface area contributed by atoms with Crippen LogP contribution in [0.2, 0.25) is 5.02 Å². The summed E-state index contributed by atoms with van der Waals surface area (Å²) in [7, 11) is -3.71. The molecule has 0 bridgehead atoms. The molecule has 0 radical (unpaired) electrons. The van der Waals surface area contributed by atoms with Gasteiger partial charge < -0.3 is 4.98 Å². The van der Waals surface area contributed by atoms with Crippen molar-refractivity contribution in [2.24, 2.45) is 0 Å². The molecule has 1 aromatic carbocycles. The van der Waals surface area contributed by atoms with E-state index in [-0.39, 0.29) is 5.69 Å². The van der Waals surface area contributed by atoms with E-state index in [9.17, 15) is 13.2 Å². The van der Waals surface area contributed by atoms with E-state index in [1.165, 1.54) is 13.8 Å². The van der Waals surface area contributed by atoms with E-state index < -0.39 is 21.2 Å². The van der Waals surface area contributed by atoms with E-state index in [0.29, 0.717) is 23.0 Å². The Morgan fingerprint density at radius 1 is 1.39 bits per heavy atom. The molecule has 0 fully saturated rings. The number of carbonyl (C=O) groups excluding carboxylic acids is 1. The number of H-pyrrole nitrogens is 1. The topological polar surface area (TPSA) is 91.9 Å². The van der Waals surface area contributed by atoms with Crippen molar-refractivity contribution in [1.82, 2.24) is 14.7 Å². The zero-order chi connectivity index (χ0) is 17.2. The van der Waals surface area contributed by atoms with Gasteiger partial charge in [0.25, 0.3) is 5.91 Å². The van der Waals surface area contributed by atoms with E-state index in [4.69, 9.17) is 11.6 Å². The maximum Gasteiger partial charge on any atom is 0.285 e. The minimum atomic E-state index is -3.71. The number of hydrogen-bond acceptors (Lipinski definition) is 4. The van der Waals surface area contributed by atoms with E-state index in [1.54, 1.807) is 24.3 Å². The number of aromatic nitrogens is 2. The number of nitrogens with one attached hydrogen (secondary N) is 2. The van der Waals surface area contributed by atoms with Crippen LogP contribution in [0.3, 0.4) is 0 Å². The standard InChI is InChI=1S/C15H18ClN3O3S/c1-4-12-13(15(20)19-23(21,22)9(2)3)18-14(17-12)10-6-5-7-11(16)8-10/h5-9H,4H2,1-3H3,(H,17,18)(H,19,20). The summed E-state index contributed by atoms with van der Waals surface area (Å²) in [6, 6.07) is 7.02. The zero-order valence-electron chi connectivity index (χ0n) is 13.1. The highest BCUT2D eigenvalue weighted by Crippen LogP contribution is 2.22. The zero-order valence-corrected chi connectivity index (χ0v) is 14.6. The maximum atomic E-state index is 12.3. The van der Waals surface area contributed by atoms with Crippen molar-refractivity contribution in [3.63, 3.8) is 0 Å². The summed E-state index contributed by atoms with van der Waals surface area (Å²) in [5.41, 5.74) is 1.36. The second kappa shape index (κ2) is 6.72. The molecule has 2 N–H and O–H groups in total. The van der Waals surface area contributed by atoms with Crippen LogP contribution in [0, 0.1) is 0 Å². The third-order valence-electron chi connectivity index (χ3n) is 3.30. The quantitative estimate of drug-likeness (QED) is 0.862. The Labute approximate surface area is 140 Å². The van der Waals surface area contributed by atoms with Gasteiger partial charge in [-0.25, -0.2) is 18.1 Å². The summed E-state index contributed by atoms with van der Waals surface area (Å²) < 4.78 is 25.7. The third-order valence-corrected chi connectivity index (χ3v) is 5.25. The van der Waals surface area contributed by atoms with Crippen molar-refractivity contribution >= 4 is 27.5 Å².